The SMILES string of the molecule is COc1ccc(/C=C/C2=NC(=C\c3cccc(OC)c3OC)/C(=O)O2)cc1. The molecule has 0 amide bonds. The minimum Gasteiger partial charge on any atom is -0.497 e. The number of ether oxygens (including phenoxy) is 4. The van der Waals surface area contributed by atoms with E-state index < -0.39 is 5.97 Å². The van der Waals surface area contributed by atoms with Crippen LogP contribution in [0.25, 0.3) is 12.2 Å². The predicted molar refractivity (Wildman–Crippen MR) is 103 cm³/mol. The van der Waals surface area contributed by atoms with Crippen LogP contribution in [0.4, 0.5) is 0 Å². The number of rotatable bonds is 6. The molecule has 0 fully saturated rings. The average molecular weight is 365 g/mol. The lowest BCUT2D eigenvalue weighted by Crippen LogP contribution is -2.01. The van der Waals surface area contributed by atoms with Gasteiger partial charge in [-0.15, -0.1) is 0 Å². The lowest BCUT2D eigenvalue weighted by molar-refractivity contribution is -0.129. The second kappa shape index (κ2) is 8.23. The molecule has 6 heteroatoms. The van der Waals surface area contributed by atoms with Gasteiger partial charge in [0.05, 0.1) is 21.3 Å². The number of para-hydroxylation sites is 1. The summed E-state index contributed by atoms with van der Waals surface area (Å²) in [5.41, 5.74) is 1.80. The van der Waals surface area contributed by atoms with Gasteiger partial charge in [0, 0.05) is 11.6 Å². The Morgan fingerprint density at radius 3 is 2.37 bits per heavy atom. The third kappa shape index (κ3) is 4.17. The molecule has 3 rings (SSSR count). The molecule has 0 bridgehead atoms. The van der Waals surface area contributed by atoms with Gasteiger partial charge in [-0.25, -0.2) is 9.79 Å². The first kappa shape index (κ1) is 18.3. The Labute approximate surface area is 157 Å². The lowest BCUT2D eigenvalue weighted by Gasteiger charge is -2.09. The summed E-state index contributed by atoms with van der Waals surface area (Å²) in [7, 11) is 4.71. The number of carbonyl (C=O) groups excluding carboxylic acids is 1. The predicted octanol–water partition coefficient (Wildman–Crippen LogP) is 3.72. The van der Waals surface area contributed by atoms with Crippen LogP contribution in [0.3, 0.4) is 0 Å². The molecule has 0 radical (unpaired) electrons. The third-order valence-corrected chi connectivity index (χ3v) is 3.90. The van der Waals surface area contributed by atoms with Gasteiger partial charge in [0.1, 0.15) is 5.75 Å². The Kier molecular flexibility index (Phi) is 5.56. The molecule has 0 spiro atoms. The summed E-state index contributed by atoms with van der Waals surface area (Å²) < 4.78 is 21.0. The summed E-state index contributed by atoms with van der Waals surface area (Å²) in [5.74, 6) is 1.58. The van der Waals surface area contributed by atoms with Crippen molar-refractivity contribution in [2.45, 2.75) is 0 Å². The molecule has 1 heterocycles. The van der Waals surface area contributed by atoms with E-state index in [1.54, 1.807) is 45.6 Å². The zero-order valence-corrected chi connectivity index (χ0v) is 15.3. The monoisotopic (exact) mass is 365 g/mol. The molecule has 0 N–H and O–H groups in total. The number of hydrogen-bond acceptors (Lipinski definition) is 6. The van der Waals surface area contributed by atoms with E-state index in [9.17, 15) is 4.79 Å². The summed E-state index contributed by atoms with van der Waals surface area (Å²) in [6, 6.07) is 12.9. The molecule has 2 aromatic rings. The lowest BCUT2D eigenvalue weighted by atomic mass is 10.1. The van der Waals surface area contributed by atoms with Crippen LogP contribution in [0.2, 0.25) is 0 Å². The Morgan fingerprint density at radius 2 is 1.70 bits per heavy atom. The number of methoxy groups -OCH3 is 3. The van der Waals surface area contributed by atoms with Gasteiger partial charge in [0.2, 0.25) is 5.90 Å². The van der Waals surface area contributed by atoms with Crippen molar-refractivity contribution in [2.75, 3.05) is 21.3 Å². The molecule has 0 aliphatic carbocycles. The minimum absolute atomic E-state index is 0.191. The number of nitrogens with zero attached hydrogens (tertiary/aromatic N) is 1. The van der Waals surface area contributed by atoms with Crippen LogP contribution in [-0.2, 0) is 9.53 Å². The zero-order chi connectivity index (χ0) is 19.2. The van der Waals surface area contributed by atoms with E-state index in [1.165, 1.54) is 0 Å². The molecule has 0 saturated heterocycles. The minimum atomic E-state index is -0.519. The first-order valence-electron chi connectivity index (χ1n) is 8.20. The smallest absolute Gasteiger partial charge is 0.363 e. The molecule has 138 valence electrons. The van der Waals surface area contributed by atoms with Crippen molar-refractivity contribution in [3.8, 4) is 17.2 Å². The van der Waals surface area contributed by atoms with Crippen LogP contribution in [0.1, 0.15) is 11.1 Å². The van der Waals surface area contributed by atoms with Crippen molar-refractivity contribution < 1.29 is 23.7 Å². The third-order valence-electron chi connectivity index (χ3n) is 3.90. The van der Waals surface area contributed by atoms with Crippen LogP contribution in [0.15, 0.2) is 59.2 Å². The van der Waals surface area contributed by atoms with E-state index in [4.69, 9.17) is 18.9 Å². The van der Waals surface area contributed by atoms with Gasteiger partial charge in [-0.3, -0.25) is 0 Å². The first-order valence-corrected chi connectivity index (χ1v) is 8.20. The molecule has 0 saturated carbocycles. The van der Waals surface area contributed by atoms with Crippen LogP contribution < -0.4 is 14.2 Å². The number of cyclic esters (lactones) is 1. The Bertz CT molecular complexity index is 926. The zero-order valence-electron chi connectivity index (χ0n) is 15.3. The van der Waals surface area contributed by atoms with Crippen LogP contribution in [0.5, 0.6) is 17.2 Å². The highest BCUT2D eigenvalue weighted by Crippen LogP contribution is 2.32. The summed E-state index contributed by atoms with van der Waals surface area (Å²) in [4.78, 5) is 16.4. The van der Waals surface area contributed by atoms with E-state index in [0.717, 1.165) is 11.3 Å². The van der Waals surface area contributed by atoms with E-state index in [2.05, 4.69) is 4.99 Å². The molecule has 1 aliphatic rings. The number of esters is 1. The van der Waals surface area contributed by atoms with Gasteiger partial charge in [0.15, 0.2) is 17.2 Å². The fourth-order valence-corrected chi connectivity index (χ4v) is 2.55. The topological polar surface area (TPSA) is 66.3 Å². The maximum Gasteiger partial charge on any atom is 0.363 e. The normalized spacial score (nSPS) is 15.0. The second-order valence-corrected chi connectivity index (χ2v) is 5.56. The Morgan fingerprint density at radius 1 is 0.926 bits per heavy atom. The quantitative estimate of drug-likeness (QED) is 0.577. The molecule has 0 unspecified atom stereocenters. The molecule has 2 aromatic carbocycles. The highest BCUT2D eigenvalue weighted by molar-refractivity contribution is 6.11. The van der Waals surface area contributed by atoms with Gasteiger partial charge in [-0.1, -0.05) is 24.3 Å². The fraction of sp³-hybridized carbons (Fsp3) is 0.143. The number of hydrogen-bond donors (Lipinski definition) is 0. The highest BCUT2D eigenvalue weighted by atomic mass is 16.6. The molecule has 6 nitrogen and oxygen atoms in total. The van der Waals surface area contributed by atoms with Crippen molar-refractivity contribution >= 4 is 24.0 Å². The van der Waals surface area contributed by atoms with Crippen molar-refractivity contribution in [1.82, 2.24) is 0 Å². The number of aliphatic imine (C=N–C) groups is 1. The van der Waals surface area contributed by atoms with Crippen molar-refractivity contribution in [3.63, 3.8) is 0 Å². The summed E-state index contributed by atoms with van der Waals surface area (Å²) in [6.07, 6.45) is 5.06. The average Bonchev–Trinajstić information content (AvgIpc) is 3.05. The summed E-state index contributed by atoms with van der Waals surface area (Å²) >= 11 is 0. The molecular formula is C21H19NO5. The summed E-state index contributed by atoms with van der Waals surface area (Å²) in [5, 5.41) is 0. The highest BCUT2D eigenvalue weighted by Gasteiger charge is 2.22. The second-order valence-electron chi connectivity index (χ2n) is 5.56. The number of carbonyl (C=O) groups is 1. The molecular weight excluding hydrogens is 346 g/mol. The largest absolute Gasteiger partial charge is 0.497 e. The van der Waals surface area contributed by atoms with Crippen LogP contribution >= 0.6 is 0 Å². The first-order chi connectivity index (χ1) is 13.1. The molecule has 1 aliphatic heterocycles. The Hall–Kier alpha value is -3.54. The van der Waals surface area contributed by atoms with Crippen molar-refractivity contribution in [3.05, 3.63) is 65.4 Å². The standard InChI is InChI=1S/C21H19NO5/c1-24-16-10-7-14(8-11-16)9-12-19-22-17(21(23)27-19)13-15-5-4-6-18(25-2)20(15)26-3/h4-13H,1-3H3/b12-9+,17-13-. The number of benzene rings is 2. The molecule has 0 atom stereocenters. The molecule has 27 heavy (non-hydrogen) atoms. The van der Waals surface area contributed by atoms with Crippen molar-refractivity contribution in [1.29, 1.82) is 0 Å². The van der Waals surface area contributed by atoms with E-state index in [1.807, 2.05) is 36.4 Å². The van der Waals surface area contributed by atoms with E-state index >= 15 is 0 Å². The maximum absolute atomic E-state index is 12.1. The summed E-state index contributed by atoms with van der Waals surface area (Å²) in [6.45, 7) is 0. The van der Waals surface area contributed by atoms with Crippen LogP contribution in [0, 0.1) is 0 Å². The Balaban J connectivity index is 1.83. The fourth-order valence-electron chi connectivity index (χ4n) is 2.55. The molecule has 0 aromatic heterocycles. The van der Waals surface area contributed by atoms with Gasteiger partial charge in [0.25, 0.3) is 0 Å². The van der Waals surface area contributed by atoms with Gasteiger partial charge in [-0.2, -0.15) is 0 Å². The van der Waals surface area contributed by atoms with Gasteiger partial charge < -0.3 is 18.9 Å². The van der Waals surface area contributed by atoms with Gasteiger partial charge in [-0.05, 0) is 35.9 Å². The van der Waals surface area contributed by atoms with Crippen LogP contribution in [-0.4, -0.2) is 33.2 Å². The van der Waals surface area contributed by atoms with E-state index in [0.29, 0.717) is 17.1 Å². The van der Waals surface area contributed by atoms with Gasteiger partial charge >= 0.3 is 5.97 Å². The van der Waals surface area contributed by atoms with E-state index in [-0.39, 0.29) is 11.6 Å². The van der Waals surface area contributed by atoms with Crippen molar-refractivity contribution in [2.24, 2.45) is 4.99 Å². The maximum atomic E-state index is 12.1.